The maximum Gasteiger partial charge on any atom is 0.191 e. The van der Waals surface area contributed by atoms with Crippen molar-refractivity contribution in [3.63, 3.8) is 0 Å². The number of fused-ring (bicyclic) bond motifs is 1. The van der Waals surface area contributed by atoms with Crippen molar-refractivity contribution in [2.45, 2.75) is 39.7 Å². The predicted octanol–water partition coefficient (Wildman–Crippen LogP) is 3.04. The highest BCUT2D eigenvalue weighted by Gasteiger charge is 2.05. The molecule has 138 valence electrons. The van der Waals surface area contributed by atoms with E-state index < -0.39 is 0 Å². The van der Waals surface area contributed by atoms with E-state index in [-0.39, 0.29) is 0 Å². The summed E-state index contributed by atoms with van der Waals surface area (Å²) in [5.74, 6) is 1.86. The van der Waals surface area contributed by atoms with Gasteiger partial charge in [-0.25, -0.2) is 4.99 Å². The van der Waals surface area contributed by atoms with Crippen LogP contribution in [0.15, 0.2) is 41.5 Å². The molecular formula is C19H26N6S. The number of nitrogens with one attached hydrogen (secondary N) is 2. The van der Waals surface area contributed by atoms with Crippen LogP contribution in [-0.2, 0) is 19.4 Å². The van der Waals surface area contributed by atoms with Crippen LogP contribution in [0.3, 0.4) is 0 Å². The normalized spacial score (nSPS) is 11.8. The highest BCUT2D eigenvalue weighted by atomic mass is 32.1. The van der Waals surface area contributed by atoms with E-state index in [2.05, 4.69) is 51.8 Å². The van der Waals surface area contributed by atoms with E-state index in [1.54, 1.807) is 0 Å². The van der Waals surface area contributed by atoms with Crippen molar-refractivity contribution < 1.29 is 0 Å². The molecule has 7 heteroatoms. The topological polar surface area (TPSA) is 66.6 Å². The van der Waals surface area contributed by atoms with Crippen LogP contribution in [0.2, 0.25) is 0 Å². The molecule has 0 fully saturated rings. The molecule has 0 aliphatic carbocycles. The first-order chi connectivity index (χ1) is 12.8. The van der Waals surface area contributed by atoms with Gasteiger partial charge < -0.3 is 10.6 Å². The van der Waals surface area contributed by atoms with Crippen LogP contribution in [0.1, 0.15) is 35.8 Å². The number of aromatic nitrogens is 3. The van der Waals surface area contributed by atoms with Crippen LogP contribution in [0.5, 0.6) is 0 Å². The van der Waals surface area contributed by atoms with E-state index in [1.807, 2.05) is 40.1 Å². The highest BCUT2D eigenvalue weighted by Crippen LogP contribution is 2.17. The zero-order valence-electron chi connectivity index (χ0n) is 15.4. The van der Waals surface area contributed by atoms with Crippen LogP contribution < -0.4 is 10.6 Å². The summed E-state index contributed by atoms with van der Waals surface area (Å²) < 4.78 is 2.04. The molecule has 6 nitrogen and oxygen atoms in total. The largest absolute Gasteiger partial charge is 0.357 e. The quantitative estimate of drug-likeness (QED) is 0.363. The average molecular weight is 371 g/mol. The molecule has 0 bridgehead atoms. The fraction of sp³-hybridized carbons (Fsp3) is 0.421. The van der Waals surface area contributed by atoms with E-state index in [0.717, 1.165) is 56.3 Å². The zero-order valence-corrected chi connectivity index (χ0v) is 16.2. The first kappa shape index (κ1) is 18.4. The van der Waals surface area contributed by atoms with Crippen LogP contribution in [0.4, 0.5) is 0 Å². The second-order valence-corrected chi connectivity index (χ2v) is 7.25. The second-order valence-electron chi connectivity index (χ2n) is 5.99. The lowest BCUT2D eigenvalue weighted by Gasteiger charge is -2.10. The number of thiophene rings is 1. The van der Waals surface area contributed by atoms with Crippen LogP contribution in [0.25, 0.3) is 5.65 Å². The minimum atomic E-state index is 0.717. The van der Waals surface area contributed by atoms with Crippen LogP contribution in [-0.4, -0.2) is 33.6 Å². The monoisotopic (exact) mass is 370 g/mol. The van der Waals surface area contributed by atoms with Gasteiger partial charge in [0.25, 0.3) is 0 Å². The lowest BCUT2D eigenvalue weighted by atomic mass is 10.3. The van der Waals surface area contributed by atoms with Gasteiger partial charge in [0.1, 0.15) is 5.82 Å². The molecule has 0 saturated carbocycles. The van der Waals surface area contributed by atoms with Gasteiger partial charge in [0.15, 0.2) is 11.6 Å². The summed E-state index contributed by atoms with van der Waals surface area (Å²) in [5.41, 5.74) is 0.896. The first-order valence-electron chi connectivity index (χ1n) is 9.18. The SMILES string of the molecule is CCNC(=NCc1ccc(CC)s1)NCCCc1nnc2ccccn12. The second kappa shape index (κ2) is 9.33. The average Bonchev–Trinajstić information content (AvgIpc) is 3.30. The summed E-state index contributed by atoms with van der Waals surface area (Å²) in [5, 5.41) is 15.2. The van der Waals surface area contributed by atoms with E-state index in [4.69, 9.17) is 0 Å². The van der Waals surface area contributed by atoms with E-state index in [1.165, 1.54) is 9.75 Å². The Morgan fingerprint density at radius 2 is 2.00 bits per heavy atom. The molecular weight excluding hydrogens is 344 g/mol. The van der Waals surface area contributed by atoms with Crippen LogP contribution >= 0.6 is 11.3 Å². The van der Waals surface area contributed by atoms with Crippen molar-refractivity contribution in [1.29, 1.82) is 0 Å². The summed E-state index contributed by atoms with van der Waals surface area (Å²) in [4.78, 5) is 7.40. The van der Waals surface area contributed by atoms with Crippen LogP contribution in [0, 0.1) is 0 Å². The summed E-state index contributed by atoms with van der Waals surface area (Å²) in [6.07, 6.45) is 4.95. The Morgan fingerprint density at radius 3 is 2.81 bits per heavy atom. The molecule has 0 aromatic carbocycles. The third-order valence-electron chi connectivity index (χ3n) is 4.06. The fourth-order valence-electron chi connectivity index (χ4n) is 2.71. The number of guanidine groups is 1. The molecule has 0 amide bonds. The minimum Gasteiger partial charge on any atom is -0.357 e. The van der Waals surface area contributed by atoms with Gasteiger partial charge in [0.2, 0.25) is 0 Å². The molecule has 0 saturated heterocycles. The Balaban J connectivity index is 1.49. The van der Waals surface area contributed by atoms with Gasteiger partial charge in [-0.3, -0.25) is 4.40 Å². The Hall–Kier alpha value is -2.41. The molecule has 0 radical (unpaired) electrons. The highest BCUT2D eigenvalue weighted by molar-refractivity contribution is 7.11. The predicted molar refractivity (Wildman–Crippen MR) is 108 cm³/mol. The summed E-state index contributed by atoms with van der Waals surface area (Å²) >= 11 is 1.84. The molecule has 0 aliphatic rings. The molecule has 3 heterocycles. The standard InChI is InChI=1S/C19H26N6S/c1-3-15-10-11-16(26-15)14-22-19(20-4-2)21-12-7-9-18-24-23-17-8-5-6-13-25(17)18/h5-6,8,10-11,13H,3-4,7,9,12,14H2,1-2H3,(H2,20,21,22). The van der Waals surface area contributed by atoms with Crippen molar-refractivity contribution >= 4 is 22.9 Å². The molecule has 0 atom stereocenters. The maximum absolute atomic E-state index is 4.69. The van der Waals surface area contributed by atoms with Gasteiger partial charge >= 0.3 is 0 Å². The number of aliphatic imine (C=N–C) groups is 1. The van der Waals surface area contributed by atoms with Gasteiger partial charge in [-0.2, -0.15) is 0 Å². The van der Waals surface area contributed by atoms with Crippen molar-refractivity contribution in [2.75, 3.05) is 13.1 Å². The molecule has 3 aromatic rings. The van der Waals surface area contributed by atoms with Crippen molar-refractivity contribution in [1.82, 2.24) is 25.2 Å². The van der Waals surface area contributed by atoms with Gasteiger partial charge in [0, 0.05) is 35.5 Å². The number of rotatable bonds is 8. The fourth-order valence-corrected chi connectivity index (χ4v) is 3.59. The summed E-state index contributed by atoms with van der Waals surface area (Å²) in [7, 11) is 0. The first-order valence-corrected chi connectivity index (χ1v) is 10.00. The minimum absolute atomic E-state index is 0.717. The number of nitrogens with zero attached hydrogens (tertiary/aromatic N) is 4. The number of pyridine rings is 1. The van der Waals surface area contributed by atoms with Gasteiger partial charge in [0.05, 0.1) is 6.54 Å². The number of hydrogen-bond donors (Lipinski definition) is 2. The Morgan fingerprint density at radius 1 is 1.12 bits per heavy atom. The molecule has 3 aromatic heterocycles. The number of hydrogen-bond acceptors (Lipinski definition) is 4. The third kappa shape index (κ3) is 4.82. The molecule has 2 N–H and O–H groups in total. The van der Waals surface area contributed by atoms with E-state index in [0.29, 0.717) is 0 Å². The molecule has 3 rings (SSSR count). The van der Waals surface area contributed by atoms with Gasteiger partial charge in [-0.05, 0) is 44.0 Å². The van der Waals surface area contributed by atoms with Crippen molar-refractivity contribution in [3.8, 4) is 0 Å². The number of aryl methyl sites for hydroxylation is 2. The summed E-state index contributed by atoms with van der Waals surface area (Å²) in [6, 6.07) is 10.3. The third-order valence-corrected chi connectivity index (χ3v) is 5.27. The smallest absolute Gasteiger partial charge is 0.191 e. The summed E-state index contributed by atoms with van der Waals surface area (Å²) in [6.45, 7) is 6.68. The Bertz CT molecular complexity index is 850. The lowest BCUT2D eigenvalue weighted by Crippen LogP contribution is -2.37. The maximum atomic E-state index is 4.69. The molecule has 26 heavy (non-hydrogen) atoms. The van der Waals surface area contributed by atoms with Crippen molar-refractivity contribution in [2.24, 2.45) is 4.99 Å². The lowest BCUT2D eigenvalue weighted by molar-refractivity contribution is 0.715. The van der Waals surface area contributed by atoms with Gasteiger partial charge in [-0.15, -0.1) is 21.5 Å². The Kier molecular flexibility index (Phi) is 6.60. The Labute approximate surface area is 158 Å². The van der Waals surface area contributed by atoms with Crippen molar-refractivity contribution in [3.05, 3.63) is 52.1 Å². The zero-order chi connectivity index (χ0) is 18.2. The van der Waals surface area contributed by atoms with Gasteiger partial charge in [-0.1, -0.05) is 13.0 Å². The molecule has 0 spiro atoms. The molecule has 0 aliphatic heterocycles. The van der Waals surface area contributed by atoms with E-state index >= 15 is 0 Å². The van der Waals surface area contributed by atoms with E-state index in [9.17, 15) is 0 Å². The molecule has 0 unspecified atom stereocenters.